The fourth-order valence-electron chi connectivity index (χ4n) is 1.84. The number of methoxy groups -OCH3 is 1. The summed E-state index contributed by atoms with van der Waals surface area (Å²) in [7, 11) is 1.62. The van der Waals surface area contributed by atoms with Gasteiger partial charge in [-0.05, 0) is 20.8 Å². The van der Waals surface area contributed by atoms with Gasteiger partial charge in [-0.1, -0.05) is 11.8 Å². The van der Waals surface area contributed by atoms with Crippen LogP contribution < -0.4 is 5.73 Å². The Morgan fingerprint density at radius 2 is 2.00 bits per heavy atom. The van der Waals surface area contributed by atoms with E-state index in [0.717, 1.165) is 11.0 Å². The molecule has 3 N–H and O–H groups in total. The summed E-state index contributed by atoms with van der Waals surface area (Å²) in [6.07, 6.45) is -0.592. The standard InChI is InChI=1S/C13H26N4O3S/c1-9(2)17-12(5-14)15-16-13(17)21-8-11(18)7-20-10(3)6-19-4/h9-11,18H,5-8,14H2,1-4H3. The van der Waals surface area contributed by atoms with Gasteiger partial charge in [0.1, 0.15) is 5.82 Å². The zero-order chi connectivity index (χ0) is 15.8. The lowest BCUT2D eigenvalue weighted by Gasteiger charge is -2.16. The third-order valence-electron chi connectivity index (χ3n) is 2.81. The zero-order valence-corrected chi connectivity index (χ0v) is 14.0. The van der Waals surface area contributed by atoms with Crippen LogP contribution in [0.5, 0.6) is 0 Å². The summed E-state index contributed by atoms with van der Waals surface area (Å²) >= 11 is 1.46. The molecule has 7 nitrogen and oxygen atoms in total. The normalized spacial score (nSPS) is 14.6. The summed E-state index contributed by atoms with van der Waals surface area (Å²) in [5.74, 6) is 1.25. The molecule has 0 radical (unpaired) electrons. The van der Waals surface area contributed by atoms with Gasteiger partial charge in [-0.2, -0.15) is 0 Å². The Bertz CT molecular complexity index is 414. The van der Waals surface area contributed by atoms with Crippen molar-refractivity contribution >= 4 is 11.8 Å². The van der Waals surface area contributed by atoms with Crippen LogP contribution in [0.3, 0.4) is 0 Å². The molecule has 0 aliphatic rings. The maximum absolute atomic E-state index is 9.95. The van der Waals surface area contributed by atoms with Crippen molar-refractivity contribution in [2.75, 3.05) is 26.1 Å². The highest BCUT2D eigenvalue weighted by Gasteiger charge is 2.16. The molecule has 0 aliphatic heterocycles. The molecular formula is C13H26N4O3S. The smallest absolute Gasteiger partial charge is 0.191 e. The molecule has 1 rings (SSSR count). The Kier molecular flexibility index (Phi) is 8.20. The van der Waals surface area contributed by atoms with Gasteiger partial charge in [0.15, 0.2) is 5.16 Å². The van der Waals surface area contributed by atoms with Crippen LogP contribution in [0.1, 0.15) is 32.6 Å². The zero-order valence-electron chi connectivity index (χ0n) is 13.2. The summed E-state index contributed by atoms with van der Waals surface area (Å²) in [6, 6.07) is 0.233. The third kappa shape index (κ3) is 5.91. The van der Waals surface area contributed by atoms with E-state index < -0.39 is 6.10 Å². The van der Waals surface area contributed by atoms with Crippen LogP contribution in [0.4, 0.5) is 0 Å². The highest BCUT2D eigenvalue weighted by molar-refractivity contribution is 7.99. The monoisotopic (exact) mass is 318 g/mol. The molecule has 1 heterocycles. The second kappa shape index (κ2) is 9.37. The van der Waals surface area contributed by atoms with Gasteiger partial charge < -0.3 is 24.9 Å². The molecule has 2 unspecified atom stereocenters. The molecule has 0 spiro atoms. The maximum atomic E-state index is 9.95. The van der Waals surface area contributed by atoms with Crippen molar-refractivity contribution in [1.29, 1.82) is 0 Å². The van der Waals surface area contributed by atoms with E-state index in [1.54, 1.807) is 7.11 Å². The van der Waals surface area contributed by atoms with E-state index in [0.29, 0.717) is 18.9 Å². The molecule has 1 aromatic rings. The molecule has 122 valence electrons. The molecule has 0 amide bonds. The first-order valence-corrected chi connectivity index (χ1v) is 8.03. The Morgan fingerprint density at radius 3 is 2.57 bits per heavy atom. The highest BCUT2D eigenvalue weighted by atomic mass is 32.2. The minimum atomic E-state index is -0.562. The largest absolute Gasteiger partial charge is 0.390 e. The molecule has 21 heavy (non-hydrogen) atoms. The number of nitrogens with zero attached hydrogens (tertiary/aromatic N) is 3. The molecule has 0 saturated carbocycles. The average molecular weight is 318 g/mol. The van der Waals surface area contributed by atoms with Gasteiger partial charge in [0.2, 0.25) is 0 Å². The van der Waals surface area contributed by atoms with Crippen molar-refractivity contribution in [2.24, 2.45) is 5.73 Å². The van der Waals surface area contributed by atoms with Gasteiger partial charge in [-0.3, -0.25) is 0 Å². The van der Waals surface area contributed by atoms with E-state index in [9.17, 15) is 5.11 Å². The van der Waals surface area contributed by atoms with Gasteiger partial charge in [0.05, 0.1) is 32.0 Å². The molecule has 1 aromatic heterocycles. The van der Waals surface area contributed by atoms with Crippen LogP contribution in [0, 0.1) is 0 Å². The topological polar surface area (TPSA) is 95.4 Å². The Balaban J connectivity index is 2.46. The van der Waals surface area contributed by atoms with Crippen LogP contribution in [-0.2, 0) is 16.0 Å². The van der Waals surface area contributed by atoms with E-state index in [-0.39, 0.29) is 18.8 Å². The van der Waals surface area contributed by atoms with Gasteiger partial charge in [0.25, 0.3) is 0 Å². The quantitative estimate of drug-likeness (QED) is 0.617. The second-order valence-corrected chi connectivity index (χ2v) is 6.12. The van der Waals surface area contributed by atoms with Crippen LogP contribution in [0.25, 0.3) is 0 Å². The van der Waals surface area contributed by atoms with Crippen molar-refractivity contribution in [2.45, 2.75) is 50.7 Å². The van der Waals surface area contributed by atoms with Gasteiger partial charge in [-0.25, -0.2) is 0 Å². The summed E-state index contributed by atoms with van der Waals surface area (Å²) in [6.45, 7) is 7.16. The number of ether oxygens (including phenoxy) is 2. The van der Waals surface area contributed by atoms with Gasteiger partial charge in [0, 0.05) is 18.9 Å². The number of hydrogen-bond acceptors (Lipinski definition) is 7. The summed E-state index contributed by atoms with van der Waals surface area (Å²) in [4.78, 5) is 0. The van der Waals surface area contributed by atoms with Crippen LogP contribution in [0.2, 0.25) is 0 Å². The van der Waals surface area contributed by atoms with Crippen LogP contribution >= 0.6 is 11.8 Å². The van der Waals surface area contributed by atoms with Crippen molar-refractivity contribution in [1.82, 2.24) is 14.8 Å². The molecule has 0 aromatic carbocycles. The van der Waals surface area contributed by atoms with Crippen LogP contribution in [-0.4, -0.2) is 58.2 Å². The Hall–Kier alpha value is -0.670. The number of thioether (sulfide) groups is 1. The van der Waals surface area contributed by atoms with Gasteiger partial charge >= 0.3 is 0 Å². The number of aliphatic hydroxyl groups excluding tert-OH is 1. The van der Waals surface area contributed by atoms with E-state index >= 15 is 0 Å². The minimum Gasteiger partial charge on any atom is -0.390 e. The first kappa shape index (κ1) is 18.4. The number of nitrogens with two attached hydrogens (primary N) is 1. The number of hydrogen-bond donors (Lipinski definition) is 2. The summed E-state index contributed by atoms with van der Waals surface area (Å²) < 4.78 is 12.5. The Morgan fingerprint density at radius 1 is 1.29 bits per heavy atom. The summed E-state index contributed by atoms with van der Waals surface area (Å²) in [5.41, 5.74) is 5.65. The van der Waals surface area contributed by atoms with Gasteiger partial charge in [-0.15, -0.1) is 10.2 Å². The number of aromatic nitrogens is 3. The first-order valence-electron chi connectivity index (χ1n) is 7.04. The lowest BCUT2D eigenvalue weighted by molar-refractivity contribution is -0.0257. The molecular weight excluding hydrogens is 292 g/mol. The minimum absolute atomic E-state index is 0.0298. The first-order chi connectivity index (χ1) is 9.99. The SMILES string of the molecule is COCC(C)OCC(O)CSc1nnc(CN)n1C(C)C. The van der Waals surface area contributed by atoms with Crippen molar-refractivity contribution in [3.8, 4) is 0 Å². The fourth-order valence-corrected chi connectivity index (χ4v) is 2.83. The van der Waals surface area contributed by atoms with E-state index in [1.807, 2.05) is 11.5 Å². The molecule has 2 atom stereocenters. The molecule has 0 aliphatic carbocycles. The average Bonchev–Trinajstić information content (AvgIpc) is 2.86. The third-order valence-corrected chi connectivity index (χ3v) is 3.90. The van der Waals surface area contributed by atoms with E-state index in [1.165, 1.54) is 11.8 Å². The molecule has 0 saturated heterocycles. The molecule has 0 fully saturated rings. The Labute approximate surface area is 130 Å². The maximum Gasteiger partial charge on any atom is 0.191 e. The predicted molar refractivity (Wildman–Crippen MR) is 82.3 cm³/mol. The van der Waals surface area contributed by atoms with Crippen molar-refractivity contribution in [3.63, 3.8) is 0 Å². The lowest BCUT2D eigenvalue weighted by atomic mass is 10.4. The van der Waals surface area contributed by atoms with Crippen LogP contribution in [0.15, 0.2) is 5.16 Å². The second-order valence-electron chi connectivity index (χ2n) is 5.13. The van der Waals surface area contributed by atoms with Crippen molar-refractivity contribution < 1.29 is 14.6 Å². The number of aliphatic hydroxyl groups is 1. The summed E-state index contributed by atoms with van der Waals surface area (Å²) in [5, 5.41) is 18.9. The van der Waals surface area contributed by atoms with E-state index in [2.05, 4.69) is 24.0 Å². The lowest BCUT2D eigenvalue weighted by Crippen LogP contribution is -2.24. The highest BCUT2D eigenvalue weighted by Crippen LogP contribution is 2.22. The van der Waals surface area contributed by atoms with E-state index in [4.69, 9.17) is 15.2 Å². The number of rotatable bonds is 10. The predicted octanol–water partition coefficient (Wildman–Crippen LogP) is 0.822. The molecule has 0 bridgehead atoms. The fraction of sp³-hybridized carbons (Fsp3) is 0.846. The van der Waals surface area contributed by atoms with Crippen molar-refractivity contribution in [3.05, 3.63) is 5.82 Å². The molecule has 8 heteroatoms.